The summed E-state index contributed by atoms with van der Waals surface area (Å²) in [6.07, 6.45) is 3.50. The van der Waals surface area contributed by atoms with Crippen LogP contribution >= 0.6 is 15.9 Å². The van der Waals surface area contributed by atoms with Crippen LogP contribution in [0.2, 0.25) is 0 Å². The van der Waals surface area contributed by atoms with Gasteiger partial charge in [0, 0.05) is 16.4 Å². The number of carbonyl (C=O) groups is 2. The van der Waals surface area contributed by atoms with Crippen molar-refractivity contribution in [1.29, 1.82) is 0 Å². The lowest BCUT2D eigenvalue weighted by atomic mass is 9.81. The van der Waals surface area contributed by atoms with Crippen molar-refractivity contribution in [2.45, 2.75) is 45.1 Å². The summed E-state index contributed by atoms with van der Waals surface area (Å²) < 4.78 is 1.04. The third-order valence-corrected chi connectivity index (χ3v) is 5.04. The molecule has 1 saturated carbocycles. The van der Waals surface area contributed by atoms with Gasteiger partial charge >= 0.3 is 5.97 Å². The Kier molecular flexibility index (Phi) is 6.00. The average molecular weight is 368 g/mol. The van der Waals surface area contributed by atoms with E-state index in [1.165, 1.54) is 0 Å². The molecular weight excluding hydrogens is 346 g/mol. The number of aliphatic carboxylic acids is 1. The Morgan fingerprint density at radius 3 is 2.68 bits per heavy atom. The molecular formula is C17H22BrNO3. The molecule has 1 aromatic carbocycles. The van der Waals surface area contributed by atoms with Crippen molar-refractivity contribution in [2.75, 3.05) is 0 Å². The van der Waals surface area contributed by atoms with Crippen LogP contribution in [-0.4, -0.2) is 23.0 Å². The predicted molar refractivity (Wildman–Crippen MR) is 88.5 cm³/mol. The minimum atomic E-state index is -0.779. The van der Waals surface area contributed by atoms with Crippen molar-refractivity contribution in [3.8, 4) is 0 Å². The maximum absolute atomic E-state index is 12.3. The molecule has 0 spiro atoms. The summed E-state index contributed by atoms with van der Waals surface area (Å²) in [5, 5.41) is 12.1. The Morgan fingerprint density at radius 1 is 1.32 bits per heavy atom. The highest BCUT2D eigenvalue weighted by Crippen LogP contribution is 2.29. The second kappa shape index (κ2) is 7.77. The summed E-state index contributed by atoms with van der Waals surface area (Å²) in [5.41, 5.74) is 1.15. The lowest BCUT2D eigenvalue weighted by Crippen LogP contribution is -2.40. The van der Waals surface area contributed by atoms with Crippen LogP contribution in [0.25, 0.3) is 0 Å². The van der Waals surface area contributed by atoms with E-state index in [-0.39, 0.29) is 23.8 Å². The van der Waals surface area contributed by atoms with Crippen LogP contribution < -0.4 is 5.32 Å². The first-order valence-corrected chi connectivity index (χ1v) is 8.53. The van der Waals surface area contributed by atoms with Crippen molar-refractivity contribution in [1.82, 2.24) is 5.32 Å². The zero-order valence-electron chi connectivity index (χ0n) is 12.7. The number of carboxylic acids is 1. The number of hydrogen-bond acceptors (Lipinski definition) is 2. The molecule has 0 bridgehead atoms. The van der Waals surface area contributed by atoms with Crippen LogP contribution in [0.3, 0.4) is 0 Å². The number of carbonyl (C=O) groups excluding carboxylic acids is 1. The van der Waals surface area contributed by atoms with Crippen LogP contribution in [0.5, 0.6) is 0 Å². The molecule has 0 aromatic heterocycles. The van der Waals surface area contributed by atoms with Crippen LogP contribution in [0.4, 0.5) is 0 Å². The fourth-order valence-corrected chi connectivity index (χ4v) is 3.50. The second-order valence-electron chi connectivity index (χ2n) is 6.10. The first-order chi connectivity index (χ1) is 10.5. The molecule has 22 heavy (non-hydrogen) atoms. The van der Waals surface area contributed by atoms with Gasteiger partial charge in [-0.2, -0.15) is 0 Å². The molecule has 1 amide bonds. The molecule has 3 unspecified atom stereocenters. The van der Waals surface area contributed by atoms with Gasteiger partial charge in [0.1, 0.15) is 0 Å². The van der Waals surface area contributed by atoms with Crippen molar-refractivity contribution < 1.29 is 14.7 Å². The Hall–Kier alpha value is -1.36. The monoisotopic (exact) mass is 367 g/mol. The number of benzene rings is 1. The van der Waals surface area contributed by atoms with Gasteiger partial charge in [0.25, 0.3) is 0 Å². The van der Waals surface area contributed by atoms with E-state index in [4.69, 9.17) is 5.11 Å². The molecule has 2 rings (SSSR count). The minimum Gasteiger partial charge on any atom is -0.481 e. The fourth-order valence-electron chi connectivity index (χ4n) is 3.06. The van der Waals surface area contributed by atoms with Gasteiger partial charge in [-0.25, -0.2) is 0 Å². The first-order valence-electron chi connectivity index (χ1n) is 7.74. The van der Waals surface area contributed by atoms with E-state index in [1.54, 1.807) is 0 Å². The quantitative estimate of drug-likeness (QED) is 0.837. The lowest BCUT2D eigenvalue weighted by molar-refractivity contribution is -0.144. The topological polar surface area (TPSA) is 66.4 Å². The second-order valence-corrected chi connectivity index (χ2v) is 6.96. The third-order valence-electron chi connectivity index (χ3n) is 4.27. The zero-order valence-corrected chi connectivity index (χ0v) is 14.3. The molecule has 120 valence electrons. The number of amides is 1. The molecule has 0 heterocycles. The van der Waals surface area contributed by atoms with Gasteiger partial charge in [-0.3, -0.25) is 9.59 Å². The molecule has 0 saturated heterocycles. The van der Waals surface area contributed by atoms with Crippen LogP contribution in [0.15, 0.2) is 28.7 Å². The van der Waals surface area contributed by atoms with Gasteiger partial charge in [-0.1, -0.05) is 40.5 Å². The first kappa shape index (κ1) is 17.0. The summed E-state index contributed by atoms with van der Waals surface area (Å²) in [7, 11) is 0. The van der Waals surface area contributed by atoms with Gasteiger partial charge in [0.15, 0.2) is 0 Å². The Morgan fingerprint density at radius 2 is 2.00 bits per heavy atom. The van der Waals surface area contributed by atoms with E-state index in [9.17, 15) is 9.59 Å². The van der Waals surface area contributed by atoms with Gasteiger partial charge in [0.2, 0.25) is 5.91 Å². The smallest absolute Gasteiger partial charge is 0.306 e. The van der Waals surface area contributed by atoms with E-state index < -0.39 is 5.97 Å². The number of hydrogen-bond donors (Lipinski definition) is 2. The normalized spacial score (nSPS) is 22.8. The van der Waals surface area contributed by atoms with Crippen LogP contribution in [0.1, 0.15) is 38.2 Å². The van der Waals surface area contributed by atoms with E-state index in [1.807, 2.05) is 31.2 Å². The average Bonchev–Trinajstić information content (AvgIpc) is 2.49. The summed E-state index contributed by atoms with van der Waals surface area (Å²) in [5.74, 6) is -1.33. The van der Waals surface area contributed by atoms with Gasteiger partial charge in [-0.15, -0.1) is 0 Å². The number of nitrogens with one attached hydrogen (secondary N) is 1. The fraction of sp³-hybridized carbons (Fsp3) is 0.529. The summed E-state index contributed by atoms with van der Waals surface area (Å²) in [6.45, 7) is 1.98. The number of carboxylic acid groups (broad SMARTS) is 1. The zero-order chi connectivity index (χ0) is 16.1. The summed E-state index contributed by atoms with van der Waals surface area (Å²) in [6, 6.07) is 7.99. The SMILES string of the molecule is CC(Cc1ccccc1Br)NC(=O)C1CCCC(C(=O)O)C1. The highest BCUT2D eigenvalue weighted by molar-refractivity contribution is 9.10. The van der Waals surface area contributed by atoms with Crippen molar-refractivity contribution >= 4 is 27.8 Å². The summed E-state index contributed by atoms with van der Waals surface area (Å²) in [4.78, 5) is 23.4. The molecule has 1 aromatic rings. The van der Waals surface area contributed by atoms with Crippen molar-refractivity contribution in [2.24, 2.45) is 11.8 Å². The van der Waals surface area contributed by atoms with E-state index in [0.717, 1.165) is 29.3 Å². The number of rotatable bonds is 5. The van der Waals surface area contributed by atoms with Crippen molar-refractivity contribution in [3.63, 3.8) is 0 Å². The van der Waals surface area contributed by atoms with Gasteiger partial charge < -0.3 is 10.4 Å². The van der Waals surface area contributed by atoms with Crippen molar-refractivity contribution in [3.05, 3.63) is 34.3 Å². The minimum absolute atomic E-state index is 0.00879. The largest absolute Gasteiger partial charge is 0.481 e. The molecule has 5 heteroatoms. The molecule has 4 nitrogen and oxygen atoms in total. The van der Waals surface area contributed by atoms with E-state index in [2.05, 4.69) is 21.2 Å². The Labute approximate surface area is 139 Å². The maximum atomic E-state index is 12.3. The Bertz CT molecular complexity index is 546. The van der Waals surface area contributed by atoms with E-state index >= 15 is 0 Å². The molecule has 2 N–H and O–H groups in total. The van der Waals surface area contributed by atoms with Gasteiger partial charge in [0.05, 0.1) is 5.92 Å². The third kappa shape index (κ3) is 4.57. The lowest BCUT2D eigenvalue weighted by Gasteiger charge is -2.27. The van der Waals surface area contributed by atoms with Crippen LogP contribution in [0, 0.1) is 11.8 Å². The summed E-state index contributed by atoms with van der Waals surface area (Å²) >= 11 is 3.51. The van der Waals surface area contributed by atoms with E-state index in [0.29, 0.717) is 12.8 Å². The highest BCUT2D eigenvalue weighted by atomic mass is 79.9. The standard InChI is InChI=1S/C17H22BrNO3/c1-11(9-12-5-2-3-8-15(12)18)19-16(20)13-6-4-7-14(10-13)17(21)22/h2-3,5,8,11,13-14H,4,6-7,9-10H2,1H3,(H,19,20)(H,21,22). The molecule has 1 fully saturated rings. The maximum Gasteiger partial charge on any atom is 0.306 e. The molecule has 1 aliphatic rings. The molecule has 1 aliphatic carbocycles. The molecule has 3 atom stereocenters. The predicted octanol–water partition coefficient (Wildman–Crippen LogP) is 3.39. The van der Waals surface area contributed by atoms with Gasteiger partial charge in [-0.05, 0) is 44.2 Å². The molecule has 0 aliphatic heterocycles. The Balaban J connectivity index is 1.88. The van der Waals surface area contributed by atoms with Crippen LogP contribution in [-0.2, 0) is 16.0 Å². The number of halogens is 1. The molecule has 0 radical (unpaired) electrons. The highest BCUT2D eigenvalue weighted by Gasteiger charge is 2.31.